The summed E-state index contributed by atoms with van der Waals surface area (Å²) in [5.74, 6) is 2.49. The number of nitrogens with zero attached hydrogens (tertiary/aromatic N) is 2. The number of urea groups is 1. The summed E-state index contributed by atoms with van der Waals surface area (Å²) in [5, 5.41) is 3.73. The molecule has 0 saturated carbocycles. The molecular formula is C18H23Cl2N3O. The van der Waals surface area contributed by atoms with Gasteiger partial charge >= 0.3 is 6.03 Å². The Morgan fingerprint density at radius 1 is 1.38 bits per heavy atom. The van der Waals surface area contributed by atoms with Crippen LogP contribution >= 0.6 is 23.2 Å². The Balaban J connectivity index is 2.04. The molecule has 2 amide bonds. The molecule has 1 aromatic carbocycles. The number of carbonyl (C=O) groups is 1. The van der Waals surface area contributed by atoms with Crippen LogP contribution < -0.4 is 5.32 Å². The minimum atomic E-state index is -0.261. The maximum Gasteiger partial charge on any atom is 0.317 e. The maximum absolute atomic E-state index is 12.5. The van der Waals surface area contributed by atoms with Gasteiger partial charge in [-0.25, -0.2) is 4.79 Å². The summed E-state index contributed by atoms with van der Waals surface area (Å²) in [7, 11) is 3.94. The third-order valence-corrected chi connectivity index (χ3v) is 5.53. The Kier molecular flexibility index (Phi) is 6.40. The first-order chi connectivity index (χ1) is 11.3. The first kappa shape index (κ1) is 18.9. The third kappa shape index (κ3) is 4.16. The van der Waals surface area contributed by atoms with Gasteiger partial charge in [0.1, 0.15) is 0 Å². The lowest BCUT2D eigenvalue weighted by Crippen LogP contribution is -2.48. The lowest BCUT2D eigenvalue weighted by molar-refractivity contribution is 0.146. The Hall–Kier alpha value is -1.41. The van der Waals surface area contributed by atoms with Gasteiger partial charge in [-0.3, -0.25) is 0 Å². The Morgan fingerprint density at radius 3 is 2.58 bits per heavy atom. The lowest BCUT2D eigenvalue weighted by Gasteiger charge is -2.35. The predicted octanol–water partition coefficient (Wildman–Crippen LogP) is 3.77. The van der Waals surface area contributed by atoms with Gasteiger partial charge in [-0.05, 0) is 51.5 Å². The monoisotopic (exact) mass is 367 g/mol. The van der Waals surface area contributed by atoms with E-state index in [0.29, 0.717) is 15.6 Å². The van der Waals surface area contributed by atoms with Crippen LogP contribution in [0.4, 0.5) is 4.79 Å². The Morgan fingerprint density at radius 2 is 2.00 bits per heavy atom. The molecule has 0 aliphatic carbocycles. The average Bonchev–Trinajstić information content (AvgIpc) is 2.57. The van der Waals surface area contributed by atoms with Gasteiger partial charge in [0.05, 0.1) is 16.1 Å². The number of benzene rings is 1. The molecule has 1 aliphatic rings. The number of hydrogen-bond acceptors (Lipinski definition) is 2. The van der Waals surface area contributed by atoms with Crippen molar-refractivity contribution in [3.63, 3.8) is 0 Å². The highest BCUT2D eigenvalue weighted by Gasteiger charge is 2.25. The van der Waals surface area contributed by atoms with Crippen molar-refractivity contribution >= 4 is 29.2 Å². The van der Waals surface area contributed by atoms with Crippen LogP contribution in [0.3, 0.4) is 0 Å². The van der Waals surface area contributed by atoms with Crippen LogP contribution in [0.15, 0.2) is 12.1 Å². The Bertz CT molecular complexity index is 648. The van der Waals surface area contributed by atoms with Crippen LogP contribution in [-0.4, -0.2) is 49.1 Å². The second-order valence-corrected chi connectivity index (χ2v) is 7.05. The standard InChI is InChI=1S/C18H23Cl2N3O/c1-5-13-6-7-15(17(20)16(13)19)12(2)21-18(24)23(4)14-8-10-22(3)11-9-14/h1,6-7,12,14H,8-11H2,2-4H3,(H,21,24). The largest absolute Gasteiger partial charge is 0.331 e. The van der Waals surface area contributed by atoms with Crippen LogP contribution in [0.5, 0.6) is 0 Å². The van der Waals surface area contributed by atoms with Crippen LogP contribution in [0.1, 0.15) is 36.9 Å². The molecule has 24 heavy (non-hydrogen) atoms. The number of piperidine rings is 1. The van der Waals surface area contributed by atoms with Gasteiger partial charge in [0.2, 0.25) is 0 Å². The first-order valence-electron chi connectivity index (χ1n) is 8.01. The van der Waals surface area contributed by atoms with Crippen molar-refractivity contribution in [2.75, 3.05) is 27.2 Å². The van der Waals surface area contributed by atoms with Gasteiger partial charge in [0.25, 0.3) is 0 Å². The number of halogens is 2. The molecule has 1 fully saturated rings. The van der Waals surface area contributed by atoms with E-state index >= 15 is 0 Å². The summed E-state index contributed by atoms with van der Waals surface area (Å²) in [4.78, 5) is 16.6. The van der Waals surface area contributed by atoms with Crippen molar-refractivity contribution in [1.82, 2.24) is 15.1 Å². The molecule has 1 aromatic rings. The molecule has 0 aromatic heterocycles. The minimum Gasteiger partial charge on any atom is -0.331 e. The topological polar surface area (TPSA) is 35.6 Å². The van der Waals surface area contributed by atoms with E-state index in [0.717, 1.165) is 31.5 Å². The van der Waals surface area contributed by atoms with Crippen molar-refractivity contribution in [3.8, 4) is 12.3 Å². The molecule has 4 nitrogen and oxygen atoms in total. The van der Waals surface area contributed by atoms with E-state index in [1.807, 2.05) is 20.0 Å². The normalized spacial score (nSPS) is 17.2. The summed E-state index contributed by atoms with van der Waals surface area (Å²) >= 11 is 12.5. The summed E-state index contributed by atoms with van der Waals surface area (Å²) in [6.07, 6.45) is 7.35. The highest BCUT2D eigenvalue weighted by molar-refractivity contribution is 6.43. The fourth-order valence-corrected chi connectivity index (χ4v) is 3.48. The summed E-state index contributed by atoms with van der Waals surface area (Å²) in [5.41, 5.74) is 1.30. The van der Waals surface area contributed by atoms with Gasteiger partial charge in [-0.2, -0.15) is 0 Å². The zero-order valence-corrected chi connectivity index (χ0v) is 15.8. The zero-order valence-electron chi connectivity index (χ0n) is 14.3. The number of hydrogen-bond donors (Lipinski definition) is 1. The lowest BCUT2D eigenvalue weighted by atomic mass is 10.0. The van der Waals surface area contributed by atoms with Gasteiger partial charge in [-0.1, -0.05) is 35.2 Å². The van der Waals surface area contributed by atoms with Crippen molar-refractivity contribution in [2.24, 2.45) is 0 Å². The van der Waals surface area contributed by atoms with E-state index in [2.05, 4.69) is 23.2 Å². The van der Waals surface area contributed by atoms with Crippen LogP contribution in [-0.2, 0) is 0 Å². The molecule has 0 radical (unpaired) electrons. The Labute approximate surface area is 154 Å². The smallest absolute Gasteiger partial charge is 0.317 e. The summed E-state index contributed by atoms with van der Waals surface area (Å²) < 4.78 is 0. The molecule has 1 atom stereocenters. The minimum absolute atomic E-state index is 0.106. The number of terminal acetylenes is 1. The van der Waals surface area contributed by atoms with Crippen LogP contribution in [0.2, 0.25) is 10.0 Å². The van der Waals surface area contributed by atoms with E-state index in [4.69, 9.17) is 29.6 Å². The number of likely N-dealkylation sites (tertiary alicyclic amines) is 1. The van der Waals surface area contributed by atoms with Gasteiger partial charge in [0.15, 0.2) is 0 Å². The molecule has 130 valence electrons. The molecule has 6 heteroatoms. The number of amides is 2. The van der Waals surface area contributed by atoms with E-state index in [9.17, 15) is 4.79 Å². The SMILES string of the molecule is C#Cc1ccc(C(C)NC(=O)N(C)C2CCN(C)CC2)c(Cl)c1Cl. The molecule has 2 rings (SSSR count). The van der Waals surface area contributed by atoms with E-state index in [1.165, 1.54) is 0 Å². The average molecular weight is 368 g/mol. The van der Waals surface area contributed by atoms with Crippen LogP contribution in [0, 0.1) is 12.3 Å². The van der Waals surface area contributed by atoms with Gasteiger partial charge in [0, 0.05) is 18.7 Å². The molecule has 0 spiro atoms. The summed E-state index contributed by atoms with van der Waals surface area (Å²) in [6.45, 7) is 3.90. The second-order valence-electron chi connectivity index (χ2n) is 6.29. The van der Waals surface area contributed by atoms with Crippen molar-refractivity contribution in [1.29, 1.82) is 0 Å². The first-order valence-corrected chi connectivity index (χ1v) is 8.77. The molecular weight excluding hydrogens is 345 g/mol. The number of rotatable bonds is 3. The molecule has 1 N–H and O–H groups in total. The second kappa shape index (κ2) is 8.11. The fraction of sp³-hybridized carbons (Fsp3) is 0.500. The van der Waals surface area contributed by atoms with Gasteiger partial charge in [-0.15, -0.1) is 6.42 Å². The third-order valence-electron chi connectivity index (χ3n) is 4.63. The number of carbonyl (C=O) groups excluding carboxylic acids is 1. The molecule has 1 saturated heterocycles. The van der Waals surface area contributed by atoms with Crippen LogP contribution in [0.25, 0.3) is 0 Å². The highest BCUT2D eigenvalue weighted by Crippen LogP contribution is 2.32. The molecule has 1 aliphatic heterocycles. The quantitative estimate of drug-likeness (QED) is 0.825. The molecule has 1 heterocycles. The summed E-state index contributed by atoms with van der Waals surface area (Å²) in [6, 6.07) is 3.45. The van der Waals surface area contributed by atoms with Crippen molar-refractivity contribution in [3.05, 3.63) is 33.3 Å². The fourth-order valence-electron chi connectivity index (χ4n) is 2.92. The van der Waals surface area contributed by atoms with E-state index in [-0.39, 0.29) is 18.1 Å². The zero-order chi connectivity index (χ0) is 17.9. The highest BCUT2D eigenvalue weighted by atomic mass is 35.5. The maximum atomic E-state index is 12.5. The number of nitrogens with one attached hydrogen (secondary N) is 1. The van der Waals surface area contributed by atoms with E-state index < -0.39 is 0 Å². The van der Waals surface area contributed by atoms with Gasteiger partial charge < -0.3 is 15.1 Å². The van der Waals surface area contributed by atoms with E-state index in [1.54, 1.807) is 11.0 Å². The molecule has 0 bridgehead atoms. The predicted molar refractivity (Wildman–Crippen MR) is 99.6 cm³/mol. The molecule has 1 unspecified atom stereocenters. The van der Waals surface area contributed by atoms with Crippen molar-refractivity contribution in [2.45, 2.75) is 31.8 Å². The van der Waals surface area contributed by atoms with Crippen molar-refractivity contribution < 1.29 is 4.79 Å².